The highest BCUT2D eigenvalue weighted by molar-refractivity contribution is 5.94. The molecule has 0 spiro atoms. The molecule has 174 valence electrons. The maximum atomic E-state index is 13.0. The second-order valence-corrected chi connectivity index (χ2v) is 8.08. The number of piperidine rings is 1. The normalized spacial score (nSPS) is 14.2. The van der Waals surface area contributed by atoms with Crippen LogP contribution in [0.3, 0.4) is 0 Å². The number of rotatable bonds is 10. The zero-order chi connectivity index (χ0) is 22.9. The Hall–Kier alpha value is -2.89. The van der Waals surface area contributed by atoms with Crippen LogP contribution in [0.1, 0.15) is 49.9 Å². The lowest BCUT2D eigenvalue weighted by Gasteiger charge is -2.33. The molecule has 1 aliphatic heterocycles. The standard InChI is InChI=1S/C26H36N2O4/c1-5-7-17-27(6-2)21-13-11-20(12-14-21)26(29)28-18-15-22(16-19-28)32-25-23(30-3)9-8-10-24(25)31-4/h8-14,22H,5-7,15-19H2,1-4H3. The molecule has 1 heterocycles. The molecule has 0 bridgehead atoms. The van der Waals surface area contributed by atoms with Gasteiger partial charge in [0.25, 0.3) is 5.91 Å². The van der Waals surface area contributed by atoms with E-state index >= 15 is 0 Å². The number of amides is 1. The van der Waals surface area contributed by atoms with Gasteiger partial charge in [-0.3, -0.25) is 4.79 Å². The van der Waals surface area contributed by atoms with Crippen LogP contribution in [0, 0.1) is 0 Å². The number of hydrogen-bond donors (Lipinski definition) is 0. The Balaban J connectivity index is 1.58. The number of ether oxygens (including phenoxy) is 3. The average molecular weight is 441 g/mol. The van der Waals surface area contributed by atoms with Crippen molar-refractivity contribution in [1.29, 1.82) is 0 Å². The van der Waals surface area contributed by atoms with Crippen LogP contribution in [0.15, 0.2) is 42.5 Å². The molecular formula is C26H36N2O4. The van der Waals surface area contributed by atoms with Gasteiger partial charge in [0, 0.05) is 50.3 Å². The number of anilines is 1. The predicted molar refractivity (Wildman–Crippen MR) is 128 cm³/mol. The van der Waals surface area contributed by atoms with E-state index in [-0.39, 0.29) is 12.0 Å². The van der Waals surface area contributed by atoms with Crippen molar-refractivity contribution in [2.75, 3.05) is 45.3 Å². The zero-order valence-electron chi connectivity index (χ0n) is 19.8. The summed E-state index contributed by atoms with van der Waals surface area (Å²) >= 11 is 0. The Bertz CT molecular complexity index is 838. The van der Waals surface area contributed by atoms with Crippen LogP contribution in [-0.4, -0.2) is 57.3 Å². The molecule has 6 nitrogen and oxygen atoms in total. The highest BCUT2D eigenvalue weighted by Crippen LogP contribution is 2.38. The molecule has 1 amide bonds. The number of likely N-dealkylation sites (tertiary alicyclic amines) is 1. The van der Waals surface area contributed by atoms with Crippen LogP contribution in [-0.2, 0) is 0 Å². The third kappa shape index (κ3) is 5.67. The summed E-state index contributed by atoms with van der Waals surface area (Å²) in [6.07, 6.45) is 3.91. The third-order valence-electron chi connectivity index (χ3n) is 6.04. The highest BCUT2D eigenvalue weighted by Gasteiger charge is 2.26. The molecule has 6 heteroatoms. The maximum Gasteiger partial charge on any atom is 0.253 e. The monoisotopic (exact) mass is 440 g/mol. The quantitative estimate of drug-likeness (QED) is 0.520. The van der Waals surface area contributed by atoms with Crippen molar-refractivity contribution in [2.24, 2.45) is 0 Å². The molecule has 0 atom stereocenters. The number of carbonyl (C=O) groups excluding carboxylic acids is 1. The number of benzene rings is 2. The van der Waals surface area contributed by atoms with Gasteiger partial charge in [-0.05, 0) is 49.7 Å². The van der Waals surface area contributed by atoms with Crippen molar-refractivity contribution < 1.29 is 19.0 Å². The van der Waals surface area contributed by atoms with E-state index in [1.807, 2.05) is 35.2 Å². The van der Waals surface area contributed by atoms with Gasteiger partial charge in [-0.25, -0.2) is 0 Å². The lowest BCUT2D eigenvalue weighted by Crippen LogP contribution is -2.41. The predicted octanol–water partition coefficient (Wildman–Crippen LogP) is 5.01. The summed E-state index contributed by atoms with van der Waals surface area (Å²) in [6.45, 7) is 7.72. The van der Waals surface area contributed by atoms with E-state index in [0.29, 0.717) is 30.3 Å². The number of hydrogen-bond acceptors (Lipinski definition) is 5. The van der Waals surface area contributed by atoms with Gasteiger partial charge in [0.1, 0.15) is 6.10 Å². The molecule has 0 saturated carbocycles. The lowest BCUT2D eigenvalue weighted by molar-refractivity contribution is 0.0585. The zero-order valence-corrected chi connectivity index (χ0v) is 19.8. The molecule has 2 aromatic rings. The molecule has 2 aromatic carbocycles. The Morgan fingerprint density at radius 3 is 2.16 bits per heavy atom. The fourth-order valence-corrected chi connectivity index (χ4v) is 4.09. The highest BCUT2D eigenvalue weighted by atomic mass is 16.5. The van der Waals surface area contributed by atoms with Crippen LogP contribution in [0.2, 0.25) is 0 Å². The fraction of sp³-hybridized carbons (Fsp3) is 0.500. The van der Waals surface area contributed by atoms with Crippen molar-refractivity contribution in [1.82, 2.24) is 4.90 Å². The van der Waals surface area contributed by atoms with E-state index in [4.69, 9.17) is 14.2 Å². The topological polar surface area (TPSA) is 51.2 Å². The van der Waals surface area contributed by atoms with E-state index in [9.17, 15) is 4.79 Å². The van der Waals surface area contributed by atoms with Gasteiger partial charge in [0.05, 0.1) is 14.2 Å². The lowest BCUT2D eigenvalue weighted by atomic mass is 10.1. The van der Waals surface area contributed by atoms with Crippen LogP contribution in [0.5, 0.6) is 17.2 Å². The molecule has 1 aliphatic rings. The van der Waals surface area contributed by atoms with Crippen LogP contribution in [0.25, 0.3) is 0 Å². The van der Waals surface area contributed by atoms with E-state index in [1.54, 1.807) is 14.2 Å². The van der Waals surface area contributed by atoms with E-state index in [0.717, 1.165) is 31.5 Å². The average Bonchev–Trinajstić information content (AvgIpc) is 2.85. The second-order valence-electron chi connectivity index (χ2n) is 8.08. The first kappa shape index (κ1) is 23.8. The number of para-hydroxylation sites is 1. The Morgan fingerprint density at radius 2 is 1.62 bits per heavy atom. The van der Waals surface area contributed by atoms with E-state index in [2.05, 4.69) is 30.9 Å². The van der Waals surface area contributed by atoms with Gasteiger partial charge in [0.15, 0.2) is 11.5 Å². The third-order valence-corrected chi connectivity index (χ3v) is 6.04. The second kappa shape index (κ2) is 11.7. The minimum absolute atomic E-state index is 0.0169. The first-order valence-electron chi connectivity index (χ1n) is 11.6. The molecule has 0 aliphatic carbocycles. The Morgan fingerprint density at radius 1 is 1.00 bits per heavy atom. The molecular weight excluding hydrogens is 404 g/mol. The van der Waals surface area contributed by atoms with Gasteiger partial charge in [-0.1, -0.05) is 19.4 Å². The first-order valence-corrected chi connectivity index (χ1v) is 11.6. The summed E-state index contributed by atoms with van der Waals surface area (Å²) in [4.78, 5) is 17.3. The first-order chi connectivity index (χ1) is 15.6. The molecule has 32 heavy (non-hydrogen) atoms. The molecule has 1 saturated heterocycles. The number of unbranched alkanes of at least 4 members (excludes halogenated alkanes) is 1. The summed E-state index contributed by atoms with van der Waals surface area (Å²) in [5.74, 6) is 2.02. The Kier molecular flexibility index (Phi) is 8.65. The molecule has 0 aromatic heterocycles. The molecule has 1 fully saturated rings. The van der Waals surface area contributed by atoms with E-state index < -0.39 is 0 Å². The minimum Gasteiger partial charge on any atom is -0.493 e. The van der Waals surface area contributed by atoms with Gasteiger partial charge in [0.2, 0.25) is 5.75 Å². The fourth-order valence-electron chi connectivity index (χ4n) is 4.09. The summed E-state index contributed by atoms with van der Waals surface area (Å²) in [5.41, 5.74) is 1.92. The van der Waals surface area contributed by atoms with Crippen LogP contribution >= 0.6 is 0 Å². The molecule has 0 unspecified atom stereocenters. The summed E-state index contributed by atoms with van der Waals surface area (Å²) in [5, 5.41) is 0. The molecule has 3 rings (SSSR count). The number of methoxy groups -OCH3 is 2. The van der Waals surface area contributed by atoms with Crippen molar-refractivity contribution in [2.45, 2.75) is 45.6 Å². The number of carbonyl (C=O) groups is 1. The summed E-state index contributed by atoms with van der Waals surface area (Å²) in [6, 6.07) is 13.6. The Labute approximate surface area is 192 Å². The SMILES string of the molecule is CCCCN(CC)c1ccc(C(=O)N2CCC(Oc3c(OC)cccc3OC)CC2)cc1. The van der Waals surface area contributed by atoms with E-state index in [1.165, 1.54) is 18.5 Å². The van der Waals surface area contributed by atoms with Gasteiger partial charge in [-0.2, -0.15) is 0 Å². The van der Waals surface area contributed by atoms with Crippen molar-refractivity contribution in [3.63, 3.8) is 0 Å². The van der Waals surface area contributed by atoms with Crippen molar-refractivity contribution >= 4 is 11.6 Å². The van der Waals surface area contributed by atoms with Gasteiger partial charge >= 0.3 is 0 Å². The molecule has 0 radical (unpaired) electrons. The number of nitrogens with zero attached hydrogens (tertiary/aromatic N) is 2. The smallest absolute Gasteiger partial charge is 0.253 e. The van der Waals surface area contributed by atoms with Crippen LogP contribution in [0.4, 0.5) is 5.69 Å². The minimum atomic E-state index is 0.0169. The van der Waals surface area contributed by atoms with Crippen LogP contribution < -0.4 is 19.1 Å². The van der Waals surface area contributed by atoms with Gasteiger partial charge < -0.3 is 24.0 Å². The summed E-state index contributed by atoms with van der Waals surface area (Å²) in [7, 11) is 3.25. The largest absolute Gasteiger partial charge is 0.493 e. The maximum absolute atomic E-state index is 13.0. The van der Waals surface area contributed by atoms with Gasteiger partial charge in [-0.15, -0.1) is 0 Å². The summed E-state index contributed by atoms with van der Waals surface area (Å²) < 4.78 is 17.1. The molecule has 0 N–H and O–H groups in total. The van der Waals surface area contributed by atoms with Crippen molar-refractivity contribution in [3.8, 4) is 17.2 Å². The van der Waals surface area contributed by atoms with Crippen molar-refractivity contribution in [3.05, 3.63) is 48.0 Å².